The van der Waals surface area contributed by atoms with Gasteiger partial charge in [-0.2, -0.15) is 0 Å². The van der Waals surface area contributed by atoms with E-state index in [1.807, 2.05) is 7.05 Å². The Morgan fingerprint density at radius 3 is 2.51 bits per heavy atom. The van der Waals surface area contributed by atoms with Crippen LogP contribution in [0.15, 0.2) is 41.3 Å². The lowest BCUT2D eigenvalue weighted by molar-refractivity contribution is 0.0942. The summed E-state index contributed by atoms with van der Waals surface area (Å²) in [5.41, 5.74) is 0.572. The van der Waals surface area contributed by atoms with Gasteiger partial charge in [0.1, 0.15) is 16.8 Å². The van der Waals surface area contributed by atoms with Crippen molar-refractivity contribution in [1.82, 2.24) is 19.6 Å². The molecule has 1 aliphatic heterocycles. The van der Waals surface area contributed by atoms with Gasteiger partial charge in [0.25, 0.3) is 5.91 Å². The highest BCUT2D eigenvalue weighted by atomic mass is 32.2. The van der Waals surface area contributed by atoms with Crippen LogP contribution >= 0.6 is 0 Å². The molecule has 4 rings (SSSR count). The molecule has 0 aliphatic carbocycles. The number of aromatic nitrogens is 2. The van der Waals surface area contributed by atoms with E-state index in [0.29, 0.717) is 11.3 Å². The second kappa shape index (κ2) is 10.0. The molecule has 1 fully saturated rings. The smallest absolute Gasteiger partial charge is 0.301 e. The van der Waals surface area contributed by atoms with Gasteiger partial charge in [0.15, 0.2) is 11.3 Å². The molecule has 1 aliphatic rings. The number of carbonyl (C=O) groups excluding carboxylic acids is 1. The van der Waals surface area contributed by atoms with Crippen molar-refractivity contribution in [3.8, 4) is 5.75 Å². The number of aromatic hydroxyl groups is 1. The summed E-state index contributed by atoms with van der Waals surface area (Å²) in [6.07, 6.45) is 3.07. The molecular formula is C23H27FN6O4S. The van der Waals surface area contributed by atoms with Gasteiger partial charge in [-0.05, 0) is 30.8 Å². The van der Waals surface area contributed by atoms with E-state index in [1.54, 1.807) is 19.3 Å². The molecule has 3 aromatic rings. The zero-order valence-corrected chi connectivity index (χ0v) is 20.5. The summed E-state index contributed by atoms with van der Waals surface area (Å²) in [4.78, 5) is 34.5. The van der Waals surface area contributed by atoms with Gasteiger partial charge in [-0.25, -0.2) is 13.6 Å². The fraction of sp³-hybridized carbons (Fsp3) is 0.348. The number of benzene rings is 1. The van der Waals surface area contributed by atoms with E-state index in [2.05, 4.69) is 20.1 Å². The van der Waals surface area contributed by atoms with Crippen LogP contribution < -0.4 is 20.1 Å². The van der Waals surface area contributed by atoms with Crippen molar-refractivity contribution < 1.29 is 18.5 Å². The molecule has 2 N–H and O–H groups in total. The third-order valence-electron chi connectivity index (χ3n) is 6.04. The molecule has 186 valence electrons. The van der Waals surface area contributed by atoms with E-state index in [1.165, 1.54) is 39.2 Å². The number of piperazine rings is 1. The van der Waals surface area contributed by atoms with Gasteiger partial charge in [-0.1, -0.05) is 12.1 Å². The van der Waals surface area contributed by atoms with Crippen molar-refractivity contribution in [3.63, 3.8) is 0 Å². The van der Waals surface area contributed by atoms with Crippen LogP contribution in [0, 0.1) is 5.82 Å². The van der Waals surface area contributed by atoms with E-state index >= 15 is 0 Å². The first-order chi connectivity index (χ1) is 16.7. The van der Waals surface area contributed by atoms with Crippen molar-refractivity contribution in [3.05, 3.63) is 64.0 Å². The zero-order chi connectivity index (χ0) is 25.3. The SMILES string of the molecule is CN1CCN(c2cc(N(C)S(C)=O)c3nc(C(=O)NCc4ccc(F)cc4)c(O)c(=O)n3c2)CC1. The van der Waals surface area contributed by atoms with Gasteiger partial charge in [-0.15, -0.1) is 0 Å². The number of likely N-dealkylation sites (N-methyl/N-ethyl adjacent to an activating group) is 1. The van der Waals surface area contributed by atoms with Crippen LogP contribution in [0.25, 0.3) is 5.65 Å². The third kappa shape index (κ3) is 5.13. The third-order valence-corrected chi connectivity index (χ3v) is 7.01. The van der Waals surface area contributed by atoms with Gasteiger partial charge in [0, 0.05) is 52.2 Å². The maximum atomic E-state index is 13.1. The molecule has 35 heavy (non-hydrogen) atoms. The van der Waals surface area contributed by atoms with Crippen LogP contribution in [0.5, 0.6) is 5.75 Å². The maximum absolute atomic E-state index is 13.1. The summed E-state index contributed by atoms with van der Waals surface area (Å²) < 4.78 is 28.1. The number of carbonyl (C=O) groups is 1. The summed E-state index contributed by atoms with van der Waals surface area (Å²) in [7, 11) is 2.20. The molecule has 0 bridgehead atoms. The molecule has 1 aromatic carbocycles. The average Bonchev–Trinajstić information content (AvgIpc) is 2.85. The lowest BCUT2D eigenvalue weighted by Gasteiger charge is -2.34. The minimum absolute atomic E-state index is 0.0493. The van der Waals surface area contributed by atoms with E-state index in [0.717, 1.165) is 31.9 Å². The standard InChI is InChI=1S/C23H27FN6O4S/c1-27-8-10-29(11-9-27)17-12-18(28(2)35(3)34)21-26-19(20(31)23(33)30(21)14-17)22(32)25-13-15-4-6-16(24)7-5-15/h4-7,12,14,31H,8-11,13H2,1-3H3,(H,25,32). The molecule has 0 radical (unpaired) electrons. The Morgan fingerprint density at radius 1 is 1.23 bits per heavy atom. The molecule has 1 saturated heterocycles. The van der Waals surface area contributed by atoms with Gasteiger partial charge in [-0.3, -0.25) is 18.3 Å². The van der Waals surface area contributed by atoms with E-state index in [9.17, 15) is 23.3 Å². The molecule has 10 nitrogen and oxygen atoms in total. The van der Waals surface area contributed by atoms with E-state index in [4.69, 9.17) is 0 Å². The number of pyridine rings is 1. The number of amides is 1. The topological polar surface area (TPSA) is 110 Å². The average molecular weight is 503 g/mol. The second-order valence-electron chi connectivity index (χ2n) is 8.41. The van der Waals surface area contributed by atoms with E-state index < -0.39 is 39.7 Å². The van der Waals surface area contributed by atoms with Gasteiger partial charge in [0.2, 0.25) is 5.75 Å². The predicted octanol–water partition coefficient (Wildman–Crippen LogP) is 0.951. The van der Waals surface area contributed by atoms with Crippen molar-refractivity contribution >= 4 is 33.9 Å². The summed E-state index contributed by atoms with van der Waals surface area (Å²) >= 11 is 0. The van der Waals surface area contributed by atoms with Crippen molar-refractivity contribution in [2.75, 3.05) is 55.7 Å². The largest absolute Gasteiger partial charge is 0.501 e. The summed E-state index contributed by atoms with van der Waals surface area (Å²) in [6.45, 7) is 3.20. The predicted molar refractivity (Wildman–Crippen MR) is 133 cm³/mol. The Balaban J connectivity index is 1.76. The normalized spacial score (nSPS) is 15.3. The first-order valence-corrected chi connectivity index (χ1v) is 12.5. The number of nitrogens with one attached hydrogen (secondary N) is 1. The first kappa shape index (κ1) is 24.6. The van der Waals surface area contributed by atoms with E-state index in [-0.39, 0.29) is 12.2 Å². The highest BCUT2D eigenvalue weighted by Gasteiger charge is 2.24. The van der Waals surface area contributed by atoms with Crippen LogP contribution in [0.4, 0.5) is 15.8 Å². The fourth-order valence-corrected chi connectivity index (χ4v) is 4.24. The lowest BCUT2D eigenvalue weighted by Crippen LogP contribution is -2.44. The molecule has 1 unspecified atom stereocenters. The van der Waals surface area contributed by atoms with Crippen molar-refractivity contribution in [2.24, 2.45) is 0 Å². The van der Waals surface area contributed by atoms with Gasteiger partial charge in [0.05, 0.1) is 11.4 Å². The Morgan fingerprint density at radius 2 is 1.89 bits per heavy atom. The van der Waals surface area contributed by atoms with Crippen molar-refractivity contribution in [2.45, 2.75) is 6.54 Å². The molecule has 0 spiro atoms. The number of hydrogen-bond acceptors (Lipinski definition) is 7. The van der Waals surface area contributed by atoms with Crippen LogP contribution in [-0.2, 0) is 17.5 Å². The lowest BCUT2D eigenvalue weighted by atomic mass is 10.2. The Hall–Kier alpha value is -3.51. The van der Waals surface area contributed by atoms with Gasteiger partial charge < -0.3 is 20.2 Å². The summed E-state index contributed by atoms with van der Waals surface area (Å²) in [6, 6.07) is 7.35. The minimum Gasteiger partial charge on any atom is -0.501 e. The molecule has 1 amide bonds. The van der Waals surface area contributed by atoms with Crippen LogP contribution in [-0.4, -0.2) is 76.0 Å². The summed E-state index contributed by atoms with van der Waals surface area (Å²) in [5.74, 6) is -1.95. The Labute approximate surface area is 204 Å². The summed E-state index contributed by atoms with van der Waals surface area (Å²) in [5, 5.41) is 13.2. The molecular weight excluding hydrogens is 475 g/mol. The molecule has 12 heteroatoms. The second-order valence-corrected chi connectivity index (χ2v) is 9.81. The highest BCUT2D eigenvalue weighted by Crippen LogP contribution is 2.28. The number of nitrogens with zero attached hydrogens (tertiary/aromatic N) is 5. The molecule has 1 atom stereocenters. The van der Waals surface area contributed by atoms with Crippen LogP contribution in [0.3, 0.4) is 0 Å². The maximum Gasteiger partial charge on any atom is 0.301 e. The van der Waals surface area contributed by atoms with Crippen LogP contribution in [0.1, 0.15) is 16.1 Å². The van der Waals surface area contributed by atoms with Crippen LogP contribution in [0.2, 0.25) is 0 Å². The highest BCUT2D eigenvalue weighted by molar-refractivity contribution is 7.85. The number of anilines is 2. The minimum atomic E-state index is -1.44. The Kier molecular flexibility index (Phi) is 7.03. The number of fused-ring (bicyclic) bond motifs is 1. The molecule has 2 aromatic heterocycles. The zero-order valence-electron chi connectivity index (χ0n) is 19.7. The molecule has 3 heterocycles. The number of hydrogen-bond donors (Lipinski definition) is 2. The monoisotopic (exact) mass is 502 g/mol. The molecule has 0 saturated carbocycles. The number of rotatable bonds is 6. The van der Waals surface area contributed by atoms with Gasteiger partial charge >= 0.3 is 5.56 Å². The number of halogens is 1. The first-order valence-electron chi connectivity index (χ1n) is 11.0. The van der Waals surface area contributed by atoms with Crippen molar-refractivity contribution in [1.29, 1.82) is 0 Å². The quantitative estimate of drug-likeness (QED) is 0.517. The Bertz CT molecular complexity index is 1340. The fourth-order valence-electron chi connectivity index (χ4n) is 3.83.